The summed E-state index contributed by atoms with van der Waals surface area (Å²) in [5.74, 6) is 1.18. The Morgan fingerprint density at radius 2 is 1.70 bits per heavy atom. The third-order valence-corrected chi connectivity index (χ3v) is 12.8. The van der Waals surface area contributed by atoms with Gasteiger partial charge in [-0.15, -0.1) is 11.3 Å². The highest BCUT2D eigenvalue weighted by Crippen LogP contribution is 2.34. The molecule has 1 aromatic carbocycles. The lowest BCUT2D eigenvalue weighted by atomic mass is 10.0. The summed E-state index contributed by atoms with van der Waals surface area (Å²) in [6, 6.07) is 8.89. The quantitative estimate of drug-likeness (QED) is 0.211. The number of hydrogen-bond donors (Lipinski definition) is 1. The molecule has 6 rings (SSSR count). The summed E-state index contributed by atoms with van der Waals surface area (Å²) in [5.41, 5.74) is 5.09. The van der Waals surface area contributed by atoms with E-state index in [1.165, 1.54) is 34.0 Å². The van der Waals surface area contributed by atoms with Crippen LogP contribution in [0.3, 0.4) is 0 Å². The molecule has 8 nitrogen and oxygen atoms in total. The summed E-state index contributed by atoms with van der Waals surface area (Å²) < 4.78 is 65.5. The first kappa shape index (κ1) is 34.1. The first-order chi connectivity index (χ1) is 22.1. The van der Waals surface area contributed by atoms with E-state index in [2.05, 4.69) is 68.6 Å². The molecular weight excluding hydrogens is 646 g/mol. The van der Waals surface area contributed by atoms with Crippen molar-refractivity contribution in [3.05, 3.63) is 51.8 Å². The van der Waals surface area contributed by atoms with Gasteiger partial charge in [0.2, 0.25) is 0 Å². The summed E-state index contributed by atoms with van der Waals surface area (Å²) in [6.07, 6.45) is -0.607. The van der Waals surface area contributed by atoms with Gasteiger partial charge in [-0.25, -0.2) is 18.4 Å². The predicted molar refractivity (Wildman–Crippen MR) is 184 cm³/mol. The van der Waals surface area contributed by atoms with Crippen molar-refractivity contribution in [1.29, 1.82) is 0 Å². The molecule has 4 aromatic rings. The predicted octanol–water partition coefficient (Wildman–Crippen LogP) is 6.65. The van der Waals surface area contributed by atoms with E-state index in [-0.39, 0.29) is 16.2 Å². The van der Waals surface area contributed by atoms with Gasteiger partial charge in [0, 0.05) is 66.0 Å². The van der Waals surface area contributed by atoms with Gasteiger partial charge in [0.1, 0.15) is 26.3 Å². The van der Waals surface area contributed by atoms with Crippen molar-refractivity contribution in [3.63, 3.8) is 0 Å². The number of piperidine rings is 2. The third-order valence-electron chi connectivity index (χ3n) is 10.1. The van der Waals surface area contributed by atoms with Crippen LogP contribution in [0, 0.1) is 20.8 Å². The zero-order chi connectivity index (χ0) is 33.7. The number of aryl methyl sites for hydroxylation is 3. The largest absolute Gasteiger partial charge is 0.393 e. The van der Waals surface area contributed by atoms with Gasteiger partial charge >= 0.3 is 6.18 Å². The summed E-state index contributed by atoms with van der Waals surface area (Å²) >= 11 is 1.09. The van der Waals surface area contributed by atoms with E-state index in [1.807, 2.05) is 0 Å². The van der Waals surface area contributed by atoms with Crippen molar-refractivity contribution in [3.8, 4) is 0 Å². The number of rotatable bonds is 9. The number of fused-ring (bicyclic) bond motifs is 2. The monoisotopic (exact) mass is 690 g/mol. The number of aromatic nitrogens is 3. The van der Waals surface area contributed by atoms with Crippen LogP contribution in [0.5, 0.6) is 0 Å². The molecule has 0 amide bonds. The minimum Gasteiger partial charge on any atom is -0.367 e. The summed E-state index contributed by atoms with van der Waals surface area (Å²) in [5, 5.41) is 5.26. The number of alkyl halides is 3. The van der Waals surface area contributed by atoms with Gasteiger partial charge in [0.25, 0.3) is 0 Å². The van der Waals surface area contributed by atoms with Gasteiger partial charge in [0.15, 0.2) is 0 Å². The Kier molecular flexibility index (Phi) is 9.65. The van der Waals surface area contributed by atoms with Crippen LogP contribution >= 0.6 is 11.3 Å². The third kappa shape index (κ3) is 7.79. The van der Waals surface area contributed by atoms with Crippen LogP contribution in [0.2, 0.25) is 0 Å². The zero-order valence-corrected chi connectivity index (χ0v) is 29.5. The van der Waals surface area contributed by atoms with E-state index in [0.717, 1.165) is 63.4 Å². The van der Waals surface area contributed by atoms with E-state index in [1.54, 1.807) is 13.0 Å². The van der Waals surface area contributed by atoms with Gasteiger partial charge in [-0.1, -0.05) is 6.07 Å². The Hall–Kier alpha value is -2.74. The van der Waals surface area contributed by atoms with Crippen molar-refractivity contribution in [2.75, 3.05) is 37.8 Å². The van der Waals surface area contributed by atoms with Crippen LogP contribution < -0.4 is 5.32 Å². The molecule has 3 aromatic heterocycles. The number of nitrogens with zero attached hydrogens (tertiary/aromatic N) is 5. The highest BCUT2D eigenvalue weighted by molar-refractivity contribution is 7.91. The van der Waals surface area contributed by atoms with Gasteiger partial charge in [-0.05, 0) is 95.8 Å². The molecule has 0 saturated carbocycles. The van der Waals surface area contributed by atoms with Crippen molar-refractivity contribution in [2.45, 2.75) is 96.4 Å². The number of anilines is 1. The first-order valence-corrected chi connectivity index (χ1v) is 19.3. The second-order valence-electron chi connectivity index (χ2n) is 13.6. The number of nitrogens with one attached hydrogen (secondary N) is 1. The normalized spacial score (nSPS) is 18.8. The lowest BCUT2D eigenvalue weighted by molar-refractivity contribution is -0.126. The van der Waals surface area contributed by atoms with Gasteiger partial charge in [-0.2, -0.15) is 13.2 Å². The minimum atomic E-state index is -4.25. The fourth-order valence-corrected chi connectivity index (χ4v) is 9.51. The molecule has 0 spiro atoms. The Balaban J connectivity index is 1.07. The Bertz CT molecular complexity index is 1850. The minimum absolute atomic E-state index is 0.189. The second kappa shape index (κ2) is 13.3. The average molecular weight is 691 g/mol. The smallest absolute Gasteiger partial charge is 0.367 e. The topological polar surface area (TPSA) is 83.4 Å². The van der Waals surface area contributed by atoms with Crippen LogP contribution in [0.25, 0.3) is 21.1 Å². The van der Waals surface area contributed by atoms with Crippen molar-refractivity contribution in [2.24, 2.45) is 0 Å². The molecule has 0 bridgehead atoms. The number of likely N-dealkylation sites (tertiary alicyclic amines) is 2. The molecule has 2 fully saturated rings. The fourth-order valence-electron chi connectivity index (χ4n) is 7.33. The van der Waals surface area contributed by atoms with E-state index in [0.29, 0.717) is 40.7 Å². The van der Waals surface area contributed by atoms with Gasteiger partial charge < -0.3 is 9.88 Å². The highest BCUT2D eigenvalue weighted by Gasteiger charge is 2.31. The van der Waals surface area contributed by atoms with E-state index in [9.17, 15) is 21.6 Å². The van der Waals surface area contributed by atoms with Crippen molar-refractivity contribution in [1.82, 2.24) is 24.3 Å². The summed E-state index contributed by atoms with van der Waals surface area (Å²) in [4.78, 5) is 14.7. The van der Waals surface area contributed by atoms with Gasteiger partial charge in [0.05, 0.1) is 17.1 Å². The van der Waals surface area contributed by atoms with Crippen LogP contribution in [0.1, 0.15) is 60.1 Å². The van der Waals surface area contributed by atoms with E-state index >= 15 is 0 Å². The van der Waals surface area contributed by atoms with Crippen LogP contribution in [-0.2, 0) is 29.3 Å². The molecule has 0 radical (unpaired) electrons. The second-order valence-corrected chi connectivity index (χ2v) is 17.1. The molecule has 2 aliphatic rings. The van der Waals surface area contributed by atoms with Crippen LogP contribution in [0.4, 0.5) is 19.0 Å². The molecule has 0 aliphatic carbocycles. The Labute approximate surface area is 279 Å². The molecule has 47 heavy (non-hydrogen) atoms. The molecule has 13 heteroatoms. The summed E-state index contributed by atoms with van der Waals surface area (Å²) in [7, 11) is -2.98. The van der Waals surface area contributed by atoms with E-state index < -0.39 is 22.4 Å². The molecule has 5 heterocycles. The SMILES string of the molecule is Cc1nc(NC2CCN(Cc3ccc4c(cc(C)n4C[C@H](C)N4CCC(S(C)(=O)=O)CC4)c3C)CC2)c2cc(CC(F)(F)F)sc2n1. The maximum Gasteiger partial charge on any atom is 0.393 e. The first-order valence-electron chi connectivity index (χ1n) is 16.5. The van der Waals surface area contributed by atoms with Gasteiger partial charge in [-0.3, -0.25) is 9.80 Å². The highest BCUT2D eigenvalue weighted by atomic mass is 32.2. The molecular formula is C34H45F3N6O2S2. The van der Waals surface area contributed by atoms with Crippen LogP contribution in [-0.4, -0.2) is 88.7 Å². The number of halogens is 3. The molecule has 256 valence electrons. The molecule has 2 saturated heterocycles. The number of hydrogen-bond acceptors (Lipinski definition) is 8. The lowest BCUT2D eigenvalue weighted by Crippen LogP contribution is -2.44. The van der Waals surface area contributed by atoms with Crippen molar-refractivity contribution >= 4 is 48.1 Å². The standard InChI is InChI=1S/C34H45F3N6O2S2/c1-21-16-29-23(3)25(6-7-31(29)43(21)19-22(2)42-14-10-28(11-15-42)47(5,44)45)20-41-12-8-26(9-13-41)40-32-30-17-27(18-34(35,36)37)46-33(30)39-24(4)38-32/h6-7,16-17,22,26,28H,8-15,18-20H2,1-5H3,(H,38,39,40)/t22-/m0/s1. The Morgan fingerprint density at radius 1 is 1.00 bits per heavy atom. The Morgan fingerprint density at radius 3 is 2.36 bits per heavy atom. The number of sulfone groups is 1. The molecule has 1 N–H and O–H groups in total. The fraction of sp³-hybridized carbons (Fsp3) is 0.588. The number of thiophene rings is 1. The zero-order valence-electron chi connectivity index (χ0n) is 27.8. The molecule has 0 unspecified atom stereocenters. The van der Waals surface area contributed by atoms with Crippen LogP contribution in [0.15, 0.2) is 24.3 Å². The maximum atomic E-state index is 13.0. The maximum absolute atomic E-state index is 13.0. The number of benzene rings is 1. The lowest BCUT2D eigenvalue weighted by Gasteiger charge is -2.36. The molecule has 1 atom stereocenters. The van der Waals surface area contributed by atoms with E-state index in [4.69, 9.17) is 0 Å². The summed E-state index contributed by atoms with van der Waals surface area (Å²) in [6.45, 7) is 13.6. The van der Waals surface area contributed by atoms with Crippen molar-refractivity contribution < 1.29 is 21.6 Å². The average Bonchev–Trinajstić information content (AvgIpc) is 3.54. The molecule has 2 aliphatic heterocycles.